The summed E-state index contributed by atoms with van der Waals surface area (Å²) in [6.07, 6.45) is 0. The zero-order chi connectivity index (χ0) is 18.5. The van der Waals surface area contributed by atoms with Crippen LogP contribution in [-0.2, 0) is 4.79 Å². The van der Waals surface area contributed by atoms with E-state index in [1.54, 1.807) is 7.11 Å². The van der Waals surface area contributed by atoms with Crippen molar-refractivity contribution in [3.05, 3.63) is 65.7 Å². The summed E-state index contributed by atoms with van der Waals surface area (Å²) in [6, 6.07) is 17.3. The normalized spacial score (nSPS) is 19.7. The predicted octanol–water partition coefficient (Wildman–Crippen LogP) is 2.50. The van der Waals surface area contributed by atoms with Gasteiger partial charge in [0.1, 0.15) is 5.75 Å². The Labute approximate surface area is 155 Å². The number of carbonyl (C=O) groups is 1. The van der Waals surface area contributed by atoms with Crippen LogP contribution >= 0.6 is 0 Å². The van der Waals surface area contributed by atoms with Gasteiger partial charge in [0.2, 0.25) is 5.91 Å². The van der Waals surface area contributed by atoms with Gasteiger partial charge < -0.3 is 20.7 Å². The molecule has 5 nitrogen and oxygen atoms in total. The second kappa shape index (κ2) is 8.34. The molecule has 3 unspecified atom stereocenters. The molecule has 1 fully saturated rings. The molecular formula is C21H27N3O2. The Morgan fingerprint density at radius 3 is 2.62 bits per heavy atom. The fourth-order valence-electron chi connectivity index (χ4n) is 3.57. The van der Waals surface area contributed by atoms with Crippen LogP contribution in [0.25, 0.3) is 0 Å². The lowest BCUT2D eigenvalue weighted by Crippen LogP contribution is -2.51. The van der Waals surface area contributed by atoms with Gasteiger partial charge in [0, 0.05) is 31.2 Å². The van der Waals surface area contributed by atoms with Gasteiger partial charge in [-0.3, -0.25) is 4.79 Å². The molecule has 0 aromatic heterocycles. The number of nitrogens with zero attached hydrogens (tertiary/aromatic N) is 1. The topological polar surface area (TPSA) is 67.6 Å². The number of ether oxygens (including phenoxy) is 1. The lowest BCUT2D eigenvalue weighted by Gasteiger charge is -2.39. The summed E-state index contributed by atoms with van der Waals surface area (Å²) in [4.78, 5) is 15.2. The molecule has 0 spiro atoms. The standard InChI is InChI=1S/C21H27N3O2/c1-15(20(22)16-8-4-3-5-9-16)21(25)24-13-12-23-14-18(24)17-10-6-7-11-19(17)26-2/h3-11,15,18,20,23H,12-14,22H2,1-2H3. The molecule has 2 aromatic rings. The lowest BCUT2D eigenvalue weighted by molar-refractivity contribution is -0.139. The van der Waals surface area contributed by atoms with E-state index in [1.165, 1.54) is 0 Å². The van der Waals surface area contributed by atoms with Gasteiger partial charge in [0.15, 0.2) is 0 Å². The summed E-state index contributed by atoms with van der Waals surface area (Å²) in [6.45, 7) is 4.07. The van der Waals surface area contributed by atoms with Crippen LogP contribution in [-0.4, -0.2) is 37.6 Å². The Balaban J connectivity index is 1.84. The van der Waals surface area contributed by atoms with Crippen LogP contribution in [0, 0.1) is 5.92 Å². The molecule has 3 rings (SSSR count). The van der Waals surface area contributed by atoms with E-state index in [-0.39, 0.29) is 23.9 Å². The van der Waals surface area contributed by atoms with Gasteiger partial charge in [-0.15, -0.1) is 0 Å². The number of nitrogens with one attached hydrogen (secondary N) is 1. The molecule has 1 heterocycles. The van der Waals surface area contributed by atoms with Crippen LogP contribution in [0.2, 0.25) is 0 Å². The van der Waals surface area contributed by atoms with E-state index in [2.05, 4.69) is 5.32 Å². The Morgan fingerprint density at radius 2 is 1.88 bits per heavy atom. The van der Waals surface area contributed by atoms with Crippen LogP contribution in [0.1, 0.15) is 30.1 Å². The highest BCUT2D eigenvalue weighted by Gasteiger charge is 2.34. The van der Waals surface area contributed by atoms with Crippen molar-refractivity contribution in [2.45, 2.75) is 19.0 Å². The average Bonchev–Trinajstić information content (AvgIpc) is 2.72. The Kier molecular flexibility index (Phi) is 5.91. The molecule has 3 atom stereocenters. The molecule has 1 aliphatic rings. The van der Waals surface area contributed by atoms with Gasteiger partial charge in [0.25, 0.3) is 0 Å². The van der Waals surface area contributed by atoms with Crippen LogP contribution in [0.4, 0.5) is 0 Å². The molecule has 138 valence electrons. The van der Waals surface area contributed by atoms with Crippen molar-refractivity contribution in [1.82, 2.24) is 10.2 Å². The molecule has 0 radical (unpaired) electrons. The van der Waals surface area contributed by atoms with Gasteiger partial charge >= 0.3 is 0 Å². The number of hydrogen-bond acceptors (Lipinski definition) is 4. The van der Waals surface area contributed by atoms with E-state index in [0.717, 1.165) is 23.4 Å². The summed E-state index contributed by atoms with van der Waals surface area (Å²) in [5.41, 5.74) is 8.41. The quantitative estimate of drug-likeness (QED) is 0.867. The van der Waals surface area contributed by atoms with Crippen molar-refractivity contribution in [3.63, 3.8) is 0 Å². The van der Waals surface area contributed by atoms with Crippen molar-refractivity contribution >= 4 is 5.91 Å². The Hall–Kier alpha value is -2.37. The fourth-order valence-corrected chi connectivity index (χ4v) is 3.57. The van der Waals surface area contributed by atoms with Gasteiger partial charge in [-0.05, 0) is 11.6 Å². The van der Waals surface area contributed by atoms with Crippen molar-refractivity contribution in [1.29, 1.82) is 0 Å². The minimum absolute atomic E-state index is 0.0576. The maximum atomic E-state index is 13.3. The number of rotatable bonds is 5. The smallest absolute Gasteiger partial charge is 0.227 e. The number of benzene rings is 2. The van der Waals surface area contributed by atoms with Crippen molar-refractivity contribution in [2.75, 3.05) is 26.7 Å². The molecule has 1 aliphatic heterocycles. The van der Waals surface area contributed by atoms with E-state index in [4.69, 9.17) is 10.5 Å². The van der Waals surface area contributed by atoms with E-state index < -0.39 is 0 Å². The predicted molar refractivity (Wildman–Crippen MR) is 103 cm³/mol. The zero-order valence-corrected chi connectivity index (χ0v) is 15.4. The fraction of sp³-hybridized carbons (Fsp3) is 0.381. The number of piperazine rings is 1. The summed E-state index contributed by atoms with van der Waals surface area (Å²) in [5.74, 6) is 0.588. The molecule has 26 heavy (non-hydrogen) atoms. The number of para-hydroxylation sites is 1. The first-order valence-corrected chi connectivity index (χ1v) is 9.08. The number of amides is 1. The zero-order valence-electron chi connectivity index (χ0n) is 15.4. The molecule has 1 saturated heterocycles. The molecular weight excluding hydrogens is 326 g/mol. The SMILES string of the molecule is COc1ccccc1C1CNCCN1C(=O)C(C)C(N)c1ccccc1. The maximum Gasteiger partial charge on any atom is 0.227 e. The molecule has 0 aliphatic carbocycles. The van der Waals surface area contributed by atoms with E-state index in [0.29, 0.717) is 13.1 Å². The summed E-state index contributed by atoms with van der Waals surface area (Å²) < 4.78 is 5.51. The second-order valence-corrected chi connectivity index (χ2v) is 6.72. The summed E-state index contributed by atoms with van der Waals surface area (Å²) in [7, 11) is 1.66. The maximum absolute atomic E-state index is 13.3. The van der Waals surface area contributed by atoms with Crippen LogP contribution in [0.15, 0.2) is 54.6 Å². The van der Waals surface area contributed by atoms with Gasteiger partial charge in [-0.25, -0.2) is 0 Å². The minimum Gasteiger partial charge on any atom is -0.496 e. The van der Waals surface area contributed by atoms with Gasteiger partial charge in [-0.1, -0.05) is 55.5 Å². The van der Waals surface area contributed by atoms with Crippen molar-refractivity contribution < 1.29 is 9.53 Å². The van der Waals surface area contributed by atoms with Gasteiger partial charge in [-0.2, -0.15) is 0 Å². The third kappa shape index (κ3) is 3.74. The van der Waals surface area contributed by atoms with Crippen molar-refractivity contribution in [2.24, 2.45) is 11.7 Å². The lowest BCUT2D eigenvalue weighted by atomic mass is 9.92. The monoisotopic (exact) mass is 353 g/mol. The highest BCUT2D eigenvalue weighted by Crippen LogP contribution is 2.32. The minimum atomic E-state index is -0.322. The first kappa shape index (κ1) is 18.4. The molecule has 2 aromatic carbocycles. The molecule has 5 heteroatoms. The third-order valence-electron chi connectivity index (χ3n) is 5.14. The van der Waals surface area contributed by atoms with Crippen LogP contribution in [0.5, 0.6) is 5.75 Å². The Bertz CT molecular complexity index is 735. The van der Waals surface area contributed by atoms with Crippen LogP contribution in [0.3, 0.4) is 0 Å². The molecule has 1 amide bonds. The van der Waals surface area contributed by atoms with Crippen molar-refractivity contribution in [3.8, 4) is 5.75 Å². The van der Waals surface area contributed by atoms with E-state index >= 15 is 0 Å². The number of carbonyl (C=O) groups excluding carboxylic acids is 1. The number of nitrogens with two attached hydrogens (primary N) is 1. The molecule has 3 N–H and O–H groups in total. The first-order valence-electron chi connectivity index (χ1n) is 9.08. The largest absolute Gasteiger partial charge is 0.496 e. The van der Waals surface area contributed by atoms with Crippen LogP contribution < -0.4 is 15.8 Å². The summed E-state index contributed by atoms with van der Waals surface area (Å²) in [5, 5.41) is 3.39. The van der Waals surface area contributed by atoms with Gasteiger partial charge in [0.05, 0.1) is 19.1 Å². The molecule has 0 bridgehead atoms. The number of methoxy groups -OCH3 is 1. The average molecular weight is 353 g/mol. The van der Waals surface area contributed by atoms with E-state index in [9.17, 15) is 4.79 Å². The first-order chi connectivity index (χ1) is 12.6. The molecule has 0 saturated carbocycles. The number of hydrogen-bond donors (Lipinski definition) is 2. The van der Waals surface area contributed by atoms with E-state index in [1.807, 2.05) is 66.4 Å². The second-order valence-electron chi connectivity index (χ2n) is 6.72. The third-order valence-corrected chi connectivity index (χ3v) is 5.14. The Morgan fingerprint density at radius 1 is 1.19 bits per heavy atom. The summed E-state index contributed by atoms with van der Waals surface area (Å²) >= 11 is 0. The highest BCUT2D eigenvalue weighted by atomic mass is 16.5. The highest BCUT2D eigenvalue weighted by molar-refractivity contribution is 5.80.